The Morgan fingerprint density at radius 2 is 2.12 bits per heavy atom. The summed E-state index contributed by atoms with van der Waals surface area (Å²) < 4.78 is 22.6. The number of nitrogens with zero attached hydrogens (tertiary/aromatic N) is 1. The van der Waals surface area contributed by atoms with Gasteiger partial charge in [-0.1, -0.05) is 19.1 Å². The van der Waals surface area contributed by atoms with Crippen molar-refractivity contribution < 1.29 is 18.4 Å². The molecule has 0 aliphatic rings. The molecular weight excluding hydrogens is 246 g/mol. The molecule has 0 fully saturated rings. The highest BCUT2D eigenvalue weighted by molar-refractivity contribution is 7.91. The van der Waals surface area contributed by atoms with Crippen LogP contribution in [0.15, 0.2) is 24.3 Å². The summed E-state index contributed by atoms with van der Waals surface area (Å²) >= 11 is 0. The van der Waals surface area contributed by atoms with E-state index in [1.165, 1.54) is 31.2 Å². The van der Waals surface area contributed by atoms with Gasteiger partial charge in [0.1, 0.15) is 0 Å². The second kappa shape index (κ2) is 5.24. The van der Waals surface area contributed by atoms with Crippen molar-refractivity contribution in [2.75, 3.05) is 11.5 Å². The molecule has 1 atom stereocenters. The third-order valence-electron chi connectivity index (χ3n) is 2.32. The molecule has 0 aliphatic heterocycles. The van der Waals surface area contributed by atoms with E-state index in [0.29, 0.717) is 0 Å². The zero-order valence-corrected chi connectivity index (χ0v) is 10.1. The average molecular weight is 259 g/mol. The lowest BCUT2D eigenvalue weighted by atomic mass is 10.1. The summed E-state index contributed by atoms with van der Waals surface area (Å²) in [5.74, 6) is -0.496. The molecule has 0 bridgehead atoms. The van der Waals surface area contributed by atoms with Crippen LogP contribution in [0.25, 0.3) is 0 Å². The molecule has 1 N–H and O–H groups in total. The van der Waals surface area contributed by atoms with Crippen molar-refractivity contribution in [2.45, 2.75) is 13.0 Å². The van der Waals surface area contributed by atoms with Crippen molar-refractivity contribution in [3.63, 3.8) is 0 Å². The first kappa shape index (κ1) is 13.6. The van der Waals surface area contributed by atoms with Gasteiger partial charge in [0.05, 0.1) is 16.8 Å². The van der Waals surface area contributed by atoms with Crippen LogP contribution >= 0.6 is 0 Å². The number of benzene rings is 1. The van der Waals surface area contributed by atoms with Crippen molar-refractivity contribution in [1.82, 2.24) is 0 Å². The van der Waals surface area contributed by atoms with E-state index in [2.05, 4.69) is 0 Å². The number of sulfone groups is 1. The molecule has 0 unspecified atom stereocenters. The fraction of sp³-hybridized carbons (Fsp3) is 0.400. The van der Waals surface area contributed by atoms with E-state index in [4.69, 9.17) is 0 Å². The third kappa shape index (κ3) is 3.79. The number of non-ortho nitro benzene ring substituents is 1. The summed E-state index contributed by atoms with van der Waals surface area (Å²) in [7, 11) is -3.32. The van der Waals surface area contributed by atoms with Gasteiger partial charge in [0.25, 0.3) is 5.69 Å². The number of nitro benzene ring substituents is 1. The van der Waals surface area contributed by atoms with Crippen LogP contribution < -0.4 is 0 Å². The normalized spacial score (nSPS) is 13.3. The quantitative estimate of drug-likeness (QED) is 0.630. The third-order valence-corrected chi connectivity index (χ3v) is 4.02. The number of rotatable bonds is 5. The molecule has 0 spiro atoms. The SMILES string of the molecule is CCS(=O)(=O)C[C@@H](O)c1cccc([N+](=O)[O-])c1. The summed E-state index contributed by atoms with van der Waals surface area (Å²) in [6.45, 7) is 1.48. The van der Waals surface area contributed by atoms with Crippen LogP contribution in [-0.2, 0) is 9.84 Å². The van der Waals surface area contributed by atoms with Crippen molar-refractivity contribution in [2.24, 2.45) is 0 Å². The minimum absolute atomic E-state index is 0.0704. The monoisotopic (exact) mass is 259 g/mol. The largest absolute Gasteiger partial charge is 0.387 e. The summed E-state index contributed by atoms with van der Waals surface area (Å²) in [6, 6.07) is 5.33. The van der Waals surface area contributed by atoms with E-state index in [1.54, 1.807) is 0 Å². The van der Waals surface area contributed by atoms with Gasteiger partial charge in [-0.15, -0.1) is 0 Å². The van der Waals surface area contributed by atoms with Gasteiger partial charge in [0, 0.05) is 17.9 Å². The molecular formula is C10H13NO5S. The van der Waals surface area contributed by atoms with E-state index in [-0.39, 0.29) is 17.0 Å². The highest BCUT2D eigenvalue weighted by Crippen LogP contribution is 2.20. The Hall–Kier alpha value is -1.47. The van der Waals surface area contributed by atoms with Crippen LogP contribution in [0.5, 0.6) is 0 Å². The van der Waals surface area contributed by atoms with E-state index in [9.17, 15) is 23.6 Å². The predicted molar refractivity (Wildman–Crippen MR) is 62.4 cm³/mol. The lowest BCUT2D eigenvalue weighted by Gasteiger charge is -2.10. The molecule has 1 rings (SSSR count). The molecule has 0 aliphatic carbocycles. The van der Waals surface area contributed by atoms with Crippen LogP contribution in [0.2, 0.25) is 0 Å². The maximum Gasteiger partial charge on any atom is 0.269 e. The molecule has 7 heteroatoms. The predicted octanol–water partition coefficient (Wildman–Crippen LogP) is 1.06. The van der Waals surface area contributed by atoms with Crippen LogP contribution in [0.4, 0.5) is 5.69 Å². The number of nitro groups is 1. The van der Waals surface area contributed by atoms with Gasteiger partial charge in [-0.3, -0.25) is 10.1 Å². The highest BCUT2D eigenvalue weighted by atomic mass is 32.2. The Kier molecular flexibility index (Phi) is 4.19. The lowest BCUT2D eigenvalue weighted by Crippen LogP contribution is -2.16. The van der Waals surface area contributed by atoms with E-state index in [0.717, 1.165) is 0 Å². The van der Waals surface area contributed by atoms with Crippen LogP contribution in [-0.4, -0.2) is 30.0 Å². The van der Waals surface area contributed by atoms with Crippen LogP contribution in [0.1, 0.15) is 18.6 Å². The lowest BCUT2D eigenvalue weighted by molar-refractivity contribution is -0.385. The first-order valence-corrected chi connectivity index (χ1v) is 6.80. The van der Waals surface area contributed by atoms with Crippen molar-refractivity contribution in [3.05, 3.63) is 39.9 Å². The standard InChI is InChI=1S/C10H13NO5S/c1-2-17(15,16)7-10(12)8-4-3-5-9(6-8)11(13)14/h3-6,10,12H,2,7H2,1H3/t10-/m1/s1. The minimum Gasteiger partial charge on any atom is -0.387 e. The van der Waals surface area contributed by atoms with Gasteiger partial charge in [-0.2, -0.15) is 0 Å². The molecule has 6 nitrogen and oxygen atoms in total. The molecule has 0 heterocycles. The van der Waals surface area contributed by atoms with Crippen molar-refractivity contribution in [1.29, 1.82) is 0 Å². The minimum atomic E-state index is -3.32. The molecule has 1 aromatic carbocycles. The van der Waals surface area contributed by atoms with Gasteiger partial charge >= 0.3 is 0 Å². The molecule has 17 heavy (non-hydrogen) atoms. The molecule has 1 aromatic rings. The molecule has 0 saturated heterocycles. The van der Waals surface area contributed by atoms with Gasteiger partial charge in [-0.25, -0.2) is 8.42 Å². The summed E-state index contributed by atoms with van der Waals surface area (Å²) in [5, 5.41) is 20.2. The Morgan fingerprint density at radius 3 is 2.65 bits per heavy atom. The number of aliphatic hydroxyl groups excluding tert-OH is 1. The Labute approximate surface area is 99.0 Å². The Bertz CT molecular complexity index is 511. The first-order valence-electron chi connectivity index (χ1n) is 4.98. The van der Waals surface area contributed by atoms with Crippen molar-refractivity contribution in [3.8, 4) is 0 Å². The van der Waals surface area contributed by atoms with Gasteiger partial charge < -0.3 is 5.11 Å². The molecule has 94 valence electrons. The van der Waals surface area contributed by atoms with Gasteiger partial charge in [0.15, 0.2) is 9.84 Å². The Morgan fingerprint density at radius 1 is 1.47 bits per heavy atom. The second-order valence-corrected chi connectivity index (χ2v) is 5.96. The van der Waals surface area contributed by atoms with Gasteiger partial charge in [0.2, 0.25) is 0 Å². The number of aliphatic hydroxyl groups is 1. The highest BCUT2D eigenvalue weighted by Gasteiger charge is 2.18. The van der Waals surface area contributed by atoms with E-state index >= 15 is 0 Å². The van der Waals surface area contributed by atoms with E-state index in [1.807, 2.05) is 0 Å². The zero-order chi connectivity index (χ0) is 13.1. The maximum absolute atomic E-state index is 11.3. The molecule has 0 saturated carbocycles. The maximum atomic E-state index is 11.3. The summed E-state index contributed by atoms with van der Waals surface area (Å²) in [6.07, 6.45) is -1.24. The topological polar surface area (TPSA) is 97.5 Å². The summed E-state index contributed by atoms with van der Waals surface area (Å²) in [4.78, 5) is 9.93. The van der Waals surface area contributed by atoms with E-state index < -0.39 is 26.6 Å². The van der Waals surface area contributed by atoms with Crippen LogP contribution in [0.3, 0.4) is 0 Å². The number of hydrogen-bond acceptors (Lipinski definition) is 5. The second-order valence-electron chi connectivity index (χ2n) is 3.57. The fourth-order valence-electron chi connectivity index (χ4n) is 1.30. The smallest absolute Gasteiger partial charge is 0.269 e. The molecule has 0 amide bonds. The number of hydrogen-bond donors (Lipinski definition) is 1. The molecule has 0 radical (unpaired) electrons. The average Bonchev–Trinajstić information content (AvgIpc) is 2.28. The fourth-order valence-corrected chi connectivity index (χ4v) is 2.21. The molecule has 0 aromatic heterocycles. The van der Waals surface area contributed by atoms with Gasteiger partial charge in [-0.05, 0) is 5.56 Å². The first-order chi connectivity index (χ1) is 7.85. The van der Waals surface area contributed by atoms with Crippen LogP contribution in [0, 0.1) is 10.1 Å². The Balaban J connectivity index is 2.93. The summed E-state index contributed by atoms with van der Waals surface area (Å²) in [5.41, 5.74) is 0.0617. The van der Waals surface area contributed by atoms with Crippen molar-refractivity contribution >= 4 is 15.5 Å². The zero-order valence-electron chi connectivity index (χ0n) is 9.24.